The lowest BCUT2D eigenvalue weighted by Crippen LogP contribution is -2.24. The minimum absolute atomic E-state index is 0.110. The van der Waals surface area contributed by atoms with Crippen molar-refractivity contribution in [2.45, 2.75) is 31.6 Å². The molecule has 1 unspecified atom stereocenters. The Labute approximate surface area is 208 Å². The van der Waals surface area contributed by atoms with Gasteiger partial charge in [-0.15, -0.1) is 0 Å². The molecule has 2 aromatic heterocycles. The Morgan fingerprint density at radius 2 is 1.94 bits per heavy atom. The first-order valence-corrected chi connectivity index (χ1v) is 12.0. The maximum atomic E-state index is 10.1. The first-order valence-electron chi connectivity index (χ1n) is 12.0. The van der Waals surface area contributed by atoms with Gasteiger partial charge in [0, 0.05) is 42.0 Å². The summed E-state index contributed by atoms with van der Waals surface area (Å²) >= 11 is 0. The standard InChI is InChI=1S/C29H25N5O2/c1-17-25(27(32-2)24-15-20-5-3-4-6-23(20)36-24)26(22(16-30)28(31)35-17)18-9-11-21(12-10-18)34-14-13-33-29(34)19-7-8-19/h3-6,9-15,19,26H,7-8,31H2,1-2H3. The molecule has 7 heteroatoms. The molecule has 3 heterocycles. The Balaban J connectivity index is 1.44. The highest BCUT2D eigenvalue weighted by Gasteiger charge is 2.35. The van der Waals surface area contributed by atoms with E-state index < -0.39 is 5.92 Å². The molecule has 1 fully saturated rings. The van der Waals surface area contributed by atoms with E-state index in [4.69, 9.17) is 14.9 Å². The van der Waals surface area contributed by atoms with Gasteiger partial charge < -0.3 is 19.5 Å². The van der Waals surface area contributed by atoms with Crippen LogP contribution in [0.1, 0.15) is 48.7 Å². The van der Waals surface area contributed by atoms with Crippen LogP contribution < -0.4 is 5.73 Å². The number of nitrogens with two attached hydrogens (primary N) is 1. The van der Waals surface area contributed by atoms with Crippen LogP contribution in [0.4, 0.5) is 0 Å². The predicted molar refractivity (Wildman–Crippen MR) is 138 cm³/mol. The second-order valence-corrected chi connectivity index (χ2v) is 9.14. The van der Waals surface area contributed by atoms with Gasteiger partial charge in [0.2, 0.25) is 5.88 Å². The van der Waals surface area contributed by atoms with Gasteiger partial charge in [-0.1, -0.05) is 30.3 Å². The van der Waals surface area contributed by atoms with E-state index in [1.165, 1.54) is 12.8 Å². The smallest absolute Gasteiger partial charge is 0.205 e. The zero-order valence-electron chi connectivity index (χ0n) is 20.1. The fraction of sp³-hybridized carbons (Fsp3) is 0.207. The summed E-state index contributed by atoms with van der Waals surface area (Å²) in [6, 6.07) is 20.2. The molecule has 0 saturated heterocycles. The quantitative estimate of drug-likeness (QED) is 0.373. The van der Waals surface area contributed by atoms with E-state index in [1.807, 2.05) is 61.8 Å². The van der Waals surface area contributed by atoms with Crippen molar-refractivity contribution < 1.29 is 9.15 Å². The van der Waals surface area contributed by atoms with Crippen LogP contribution in [-0.4, -0.2) is 22.3 Å². The number of imidazole rings is 1. The Morgan fingerprint density at radius 1 is 1.17 bits per heavy atom. The molecule has 1 aliphatic carbocycles. The number of allylic oxidation sites excluding steroid dienone is 3. The zero-order chi connectivity index (χ0) is 24.8. The number of para-hydroxylation sites is 1. The SMILES string of the molecule is CN=C(C1=C(C)OC(N)=C(C#N)C1c1ccc(-n2ccnc2C2CC2)cc1)c1cc2ccccc2o1. The van der Waals surface area contributed by atoms with Gasteiger partial charge in [0.25, 0.3) is 0 Å². The van der Waals surface area contributed by atoms with Crippen molar-refractivity contribution in [1.82, 2.24) is 9.55 Å². The van der Waals surface area contributed by atoms with Crippen LogP contribution in [-0.2, 0) is 4.74 Å². The average molecular weight is 476 g/mol. The van der Waals surface area contributed by atoms with Gasteiger partial charge in [-0.3, -0.25) is 4.99 Å². The molecule has 178 valence electrons. The second-order valence-electron chi connectivity index (χ2n) is 9.14. The van der Waals surface area contributed by atoms with Crippen LogP contribution in [0.2, 0.25) is 0 Å². The lowest BCUT2D eigenvalue weighted by Gasteiger charge is -2.28. The van der Waals surface area contributed by atoms with Gasteiger partial charge in [0.15, 0.2) is 5.76 Å². The van der Waals surface area contributed by atoms with Crippen molar-refractivity contribution in [1.29, 1.82) is 5.26 Å². The van der Waals surface area contributed by atoms with Crippen LogP contribution in [0.5, 0.6) is 0 Å². The van der Waals surface area contributed by atoms with Crippen molar-refractivity contribution in [3.8, 4) is 11.8 Å². The van der Waals surface area contributed by atoms with Gasteiger partial charge in [0.1, 0.15) is 34.5 Å². The number of fused-ring (bicyclic) bond motifs is 1. The summed E-state index contributed by atoms with van der Waals surface area (Å²) in [5.74, 6) is 2.49. The number of furan rings is 1. The maximum absolute atomic E-state index is 10.1. The summed E-state index contributed by atoms with van der Waals surface area (Å²) in [6.45, 7) is 1.85. The highest BCUT2D eigenvalue weighted by atomic mass is 16.5. The van der Waals surface area contributed by atoms with Gasteiger partial charge >= 0.3 is 0 Å². The predicted octanol–water partition coefficient (Wildman–Crippen LogP) is 5.70. The molecule has 4 aromatic rings. The Kier molecular flexibility index (Phi) is 5.23. The fourth-order valence-electron chi connectivity index (χ4n) is 4.99. The normalized spacial score (nSPS) is 18.5. The molecular weight excluding hydrogens is 450 g/mol. The number of aliphatic imine (C=N–C) groups is 1. The molecule has 2 aromatic carbocycles. The molecule has 2 N–H and O–H groups in total. The molecule has 1 saturated carbocycles. The van der Waals surface area contributed by atoms with Gasteiger partial charge in [-0.05, 0) is 49.6 Å². The first kappa shape index (κ1) is 21.9. The summed E-state index contributed by atoms with van der Waals surface area (Å²) < 4.78 is 14.1. The van der Waals surface area contributed by atoms with Crippen molar-refractivity contribution in [3.63, 3.8) is 0 Å². The Morgan fingerprint density at radius 3 is 2.64 bits per heavy atom. The molecule has 7 nitrogen and oxygen atoms in total. The summed E-state index contributed by atoms with van der Waals surface area (Å²) in [6.07, 6.45) is 6.20. The number of rotatable bonds is 5. The fourth-order valence-corrected chi connectivity index (χ4v) is 4.99. The lowest BCUT2D eigenvalue weighted by atomic mass is 9.80. The zero-order valence-corrected chi connectivity index (χ0v) is 20.1. The number of benzene rings is 2. The molecule has 0 radical (unpaired) electrons. The molecule has 2 aliphatic rings. The average Bonchev–Trinajstić information content (AvgIpc) is 3.45. The summed E-state index contributed by atoms with van der Waals surface area (Å²) in [5, 5.41) is 11.1. The van der Waals surface area contributed by atoms with Gasteiger partial charge in [-0.25, -0.2) is 4.98 Å². The molecular formula is C29H25N5O2. The molecule has 1 aliphatic heterocycles. The number of ether oxygens (including phenoxy) is 1. The third kappa shape index (κ3) is 3.59. The highest BCUT2D eigenvalue weighted by Crippen LogP contribution is 2.42. The molecule has 6 rings (SSSR count). The van der Waals surface area contributed by atoms with Crippen LogP contribution in [0.3, 0.4) is 0 Å². The van der Waals surface area contributed by atoms with Crippen molar-refractivity contribution in [2.75, 3.05) is 7.05 Å². The summed E-state index contributed by atoms with van der Waals surface area (Å²) in [4.78, 5) is 9.15. The third-order valence-corrected chi connectivity index (χ3v) is 6.86. The van der Waals surface area contributed by atoms with Crippen LogP contribution in [0.25, 0.3) is 16.7 Å². The minimum atomic E-state index is -0.449. The third-order valence-electron chi connectivity index (χ3n) is 6.86. The number of nitrogens with zero attached hydrogens (tertiary/aromatic N) is 4. The Hall–Kier alpha value is -4.57. The number of nitriles is 1. The minimum Gasteiger partial charge on any atom is -0.454 e. The van der Waals surface area contributed by atoms with Gasteiger partial charge in [-0.2, -0.15) is 5.26 Å². The highest BCUT2D eigenvalue weighted by molar-refractivity contribution is 6.14. The molecule has 1 atom stereocenters. The monoisotopic (exact) mass is 475 g/mol. The van der Waals surface area contributed by atoms with Gasteiger partial charge in [0.05, 0.1) is 5.92 Å². The first-order chi connectivity index (χ1) is 17.6. The van der Waals surface area contributed by atoms with E-state index in [-0.39, 0.29) is 5.88 Å². The van der Waals surface area contributed by atoms with Crippen molar-refractivity contribution >= 4 is 16.7 Å². The largest absolute Gasteiger partial charge is 0.454 e. The van der Waals surface area contributed by atoms with E-state index in [1.54, 1.807) is 7.05 Å². The van der Waals surface area contributed by atoms with Crippen LogP contribution >= 0.6 is 0 Å². The van der Waals surface area contributed by atoms with E-state index in [9.17, 15) is 5.26 Å². The number of hydrogen-bond acceptors (Lipinski definition) is 6. The van der Waals surface area contributed by atoms with E-state index in [2.05, 4.69) is 32.7 Å². The van der Waals surface area contributed by atoms with E-state index >= 15 is 0 Å². The van der Waals surface area contributed by atoms with E-state index in [0.717, 1.165) is 33.6 Å². The topological polar surface area (TPSA) is 102 Å². The van der Waals surface area contributed by atoms with Crippen molar-refractivity contribution in [3.05, 3.63) is 107 Å². The van der Waals surface area contributed by atoms with Crippen molar-refractivity contribution in [2.24, 2.45) is 10.7 Å². The summed E-state index contributed by atoms with van der Waals surface area (Å²) in [5.41, 5.74) is 10.7. The number of aromatic nitrogens is 2. The lowest BCUT2D eigenvalue weighted by molar-refractivity contribution is 0.283. The maximum Gasteiger partial charge on any atom is 0.205 e. The van der Waals surface area contributed by atoms with Crippen LogP contribution in [0.15, 0.2) is 99.2 Å². The van der Waals surface area contributed by atoms with E-state index in [0.29, 0.717) is 28.7 Å². The molecule has 36 heavy (non-hydrogen) atoms. The molecule has 0 amide bonds. The second kappa shape index (κ2) is 8.58. The number of hydrogen-bond donors (Lipinski definition) is 1. The molecule has 0 bridgehead atoms. The summed E-state index contributed by atoms with van der Waals surface area (Å²) in [7, 11) is 1.72. The van der Waals surface area contributed by atoms with Crippen LogP contribution in [0, 0.1) is 11.3 Å². The molecule has 0 spiro atoms. The Bertz CT molecular complexity index is 1570.